The van der Waals surface area contributed by atoms with Gasteiger partial charge in [0.15, 0.2) is 11.5 Å². The Hall–Kier alpha value is -3.16. The SMILES string of the molecule is CC=C(C=O)C(CC(=O)OCCc1ccc(O)c(O)c1)C(C=O)C(=O)OC. The monoisotopic (exact) mass is 378 g/mol. The number of phenolic OH excluding ortho intramolecular Hbond substituents is 2. The summed E-state index contributed by atoms with van der Waals surface area (Å²) in [5, 5.41) is 18.7. The highest BCUT2D eigenvalue weighted by molar-refractivity contribution is 5.91. The van der Waals surface area contributed by atoms with E-state index in [4.69, 9.17) is 4.74 Å². The van der Waals surface area contributed by atoms with Gasteiger partial charge in [-0.1, -0.05) is 12.1 Å². The average molecular weight is 378 g/mol. The summed E-state index contributed by atoms with van der Waals surface area (Å²) >= 11 is 0. The van der Waals surface area contributed by atoms with Crippen LogP contribution >= 0.6 is 0 Å². The van der Waals surface area contributed by atoms with Crippen molar-refractivity contribution < 1.29 is 38.9 Å². The summed E-state index contributed by atoms with van der Waals surface area (Å²) in [4.78, 5) is 46.4. The molecule has 0 aliphatic heterocycles. The third-order valence-electron chi connectivity index (χ3n) is 4.03. The van der Waals surface area contributed by atoms with Crippen molar-refractivity contribution in [3.05, 3.63) is 35.4 Å². The molecule has 0 aromatic heterocycles. The standard InChI is InChI=1S/C19H22O8/c1-3-13(10-20)14(15(11-21)19(25)26-2)9-18(24)27-7-6-12-4-5-16(22)17(23)8-12/h3-5,8,10-11,14-15,22-23H,6-7,9H2,1-2H3. The predicted octanol–water partition coefficient (Wildman–Crippen LogP) is 1.32. The number of phenols is 2. The molecule has 0 saturated heterocycles. The molecular formula is C19H22O8. The number of carbonyl (C=O) groups excluding carboxylic acids is 4. The van der Waals surface area contributed by atoms with E-state index < -0.39 is 23.8 Å². The van der Waals surface area contributed by atoms with Gasteiger partial charge in [-0.2, -0.15) is 0 Å². The van der Waals surface area contributed by atoms with Gasteiger partial charge in [-0.15, -0.1) is 0 Å². The number of rotatable bonds is 10. The Kier molecular flexibility index (Phi) is 8.71. The number of hydrogen-bond acceptors (Lipinski definition) is 8. The molecule has 2 unspecified atom stereocenters. The summed E-state index contributed by atoms with van der Waals surface area (Å²) < 4.78 is 9.65. The van der Waals surface area contributed by atoms with Crippen LogP contribution in [0.25, 0.3) is 0 Å². The first-order valence-electron chi connectivity index (χ1n) is 8.18. The number of carbonyl (C=O) groups is 4. The van der Waals surface area contributed by atoms with Crippen molar-refractivity contribution in [3.63, 3.8) is 0 Å². The molecule has 0 bridgehead atoms. The molecule has 8 heteroatoms. The minimum atomic E-state index is -1.30. The van der Waals surface area contributed by atoms with Gasteiger partial charge in [0.1, 0.15) is 18.5 Å². The molecule has 0 saturated carbocycles. The summed E-state index contributed by atoms with van der Waals surface area (Å²) in [6, 6.07) is 4.22. The van der Waals surface area contributed by atoms with E-state index in [9.17, 15) is 29.4 Å². The molecule has 146 valence electrons. The van der Waals surface area contributed by atoms with Crippen LogP contribution in [0.1, 0.15) is 18.9 Å². The number of methoxy groups -OCH3 is 1. The van der Waals surface area contributed by atoms with E-state index in [-0.39, 0.29) is 36.5 Å². The Balaban J connectivity index is 2.75. The Morgan fingerprint density at radius 2 is 1.89 bits per heavy atom. The second-order valence-corrected chi connectivity index (χ2v) is 5.70. The number of ether oxygens (including phenoxy) is 2. The van der Waals surface area contributed by atoms with Crippen molar-refractivity contribution in [1.82, 2.24) is 0 Å². The quantitative estimate of drug-likeness (QED) is 0.205. The molecule has 0 amide bonds. The molecule has 2 N–H and O–H groups in total. The number of benzene rings is 1. The maximum Gasteiger partial charge on any atom is 0.316 e. The van der Waals surface area contributed by atoms with Crippen LogP contribution in [-0.4, -0.2) is 48.4 Å². The molecule has 0 aliphatic carbocycles. The van der Waals surface area contributed by atoms with Gasteiger partial charge in [0.25, 0.3) is 0 Å². The molecule has 27 heavy (non-hydrogen) atoms. The lowest BCUT2D eigenvalue weighted by Gasteiger charge is -2.20. The van der Waals surface area contributed by atoms with Gasteiger partial charge in [-0.25, -0.2) is 0 Å². The van der Waals surface area contributed by atoms with Crippen LogP contribution in [0, 0.1) is 11.8 Å². The first-order valence-corrected chi connectivity index (χ1v) is 8.18. The summed E-state index contributed by atoms with van der Waals surface area (Å²) in [6.07, 6.45) is 2.18. The summed E-state index contributed by atoms with van der Waals surface area (Å²) in [5.41, 5.74) is 0.759. The lowest BCUT2D eigenvalue weighted by atomic mass is 9.84. The van der Waals surface area contributed by atoms with E-state index in [0.29, 0.717) is 18.1 Å². The molecular weight excluding hydrogens is 356 g/mol. The Bertz CT molecular complexity index is 722. The Labute approximate surface area is 156 Å². The van der Waals surface area contributed by atoms with Crippen LogP contribution in [0.5, 0.6) is 11.5 Å². The molecule has 2 atom stereocenters. The predicted molar refractivity (Wildman–Crippen MR) is 93.9 cm³/mol. The van der Waals surface area contributed by atoms with Crippen molar-refractivity contribution in [2.24, 2.45) is 11.8 Å². The van der Waals surface area contributed by atoms with E-state index in [0.717, 1.165) is 7.11 Å². The zero-order valence-corrected chi connectivity index (χ0v) is 15.1. The number of aromatic hydroxyl groups is 2. The van der Waals surface area contributed by atoms with Gasteiger partial charge in [-0.05, 0) is 30.2 Å². The summed E-state index contributed by atoms with van der Waals surface area (Å²) in [5.74, 6) is -4.36. The lowest BCUT2D eigenvalue weighted by Crippen LogP contribution is -2.30. The number of hydrogen-bond donors (Lipinski definition) is 2. The maximum absolute atomic E-state index is 12.1. The fourth-order valence-electron chi connectivity index (χ4n) is 2.52. The number of allylic oxidation sites excluding steroid dienone is 2. The summed E-state index contributed by atoms with van der Waals surface area (Å²) in [6.45, 7) is 1.53. The van der Waals surface area contributed by atoms with E-state index in [1.165, 1.54) is 18.2 Å². The molecule has 0 radical (unpaired) electrons. The third kappa shape index (κ3) is 6.25. The van der Waals surface area contributed by atoms with Gasteiger partial charge in [0.2, 0.25) is 0 Å². The van der Waals surface area contributed by atoms with Gasteiger partial charge < -0.3 is 24.5 Å². The normalized spacial score (nSPS) is 13.3. The topological polar surface area (TPSA) is 127 Å². The Morgan fingerprint density at radius 1 is 1.19 bits per heavy atom. The first-order chi connectivity index (χ1) is 12.9. The molecule has 0 aliphatic rings. The second kappa shape index (κ2) is 10.7. The van der Waals surface area contributed by atoms with Crippen LogP contribution in [0.3, 0.4) is 0 Å². The largest absolute Gasteiger partial charge is 0.504 e. The van der Waals surface area contributed by atoms with Crippen molar-refractivity contribution in [1.29, 1.82) is 0 Å². The molecule has 1 aromatic carbocycles. The second-order valence-electron chi connectivity index (χ2n) is 5.70. The van der Waals surface area contributed by atoms with Gasteiger partial charge in [0.05, 0.1) is 20.1 Å². The molecule has 1 rings (SSSR count). The van der Waals surface area contributed by atoms with Crippen molar-refractivity contribution >= 4 is 24.5 Å². The molecule has 0 fully saturated rings. The zero-order valence-electron chi connectivity index (χ0n) is 15.1. The van der Waals surface area contributed by atoms with Crippen LogP contribution in [0.2, 0.25) is 0 Å². The molecule has 1 aromatic rings. The van der Waals surface area contributed by atoms with E-state index >= 15 is 0 Å². The average Bonchev–Trinajstić information content (AvgIpc) is 2.65. The lowest BCUT2D eigenvalue weighted by molar-refractivity contribution is -0.150. The van der Waals surface area contributed by atoms with E-state index in [1.54, 1.807) is 13.0 Å². The molecule has 0 spiro atoms. The van der Waals surface area contributed by atoms with Gasteiger partial charge >= 0.3 is 11.9 Å². The van der Waals surface area contributed by atoms with Crippen LogP contribution in [0.4, 0.5) is 0 Å². The van der Waals surface area contributed by atoms with E-state index in [2.05, 4.69) is 4.74 Å². The Morgan fingerprint density at radius 3 is 2.41 bits per heavy atom. The molecule has 8 nitrogen and oxygen atoms in total. The number of aldehydes is 2. The van der Waals surface area contributed by atoms with Crippen molar-refractivity contribution in [2.75, 3.05) is 13.7 Å². The number of esters is 2. The van der Waals surface area contributed by atoms with Crippen molar-refractivity contribution in [3.8, 4) is 11.5 Å². The highest BCUT2D eigenvalue weighted by atomic mass is 16.5. The fourth-order valence-corrected chi connectivity index (χ4v) is 2.52. The van der Waals surface area contributed by atoms with Crippen molar-refractivity contribution in [2.45, 2.75) is 19.8 Å². The van der Waals surface area contributed by atoms with Crippen LogP contribution < -0.4 is 0 Å². The minimum Gasteiger partial charge on any atom is -0.504 e. The highest BCUT2D eigenvalue weighted by Gasteiger charge is 2.33. The minimum absolute atomic E-state index is 0.0218. The van der Waals surface area contributed by atoms with Gasteiger partial charge in [-0.3, -0.25) is 14.4 Å². The first kappa shape index (κ1) is 21.9. The summed E-state index contributed by atoms with van der Waals surface area (Å²) in [7, 11) is 1.11. The smallest absolute Gasteiger partial charge is 0.316 e. The van der Waals surface area contributed by atoms with Crippen LogP contribution in [0.15, 0.2) is 29.8 Å². The third-order valence-corrected chi connectivity index (χ3v) is 4.03. The molecule has 0 heterocycles. The van der Waals surface area contributed by atoms with Gasteiger partial charge in [0, 0.05) is 12.3 Å². The van der Waals surface area contributed by atoms with Crippen LogP contribution in [-0.2, 0) is 35.1 Å². The zero-order chi connectivity index (χ0) is 20.4. The maximum atomic E-state index is 12.1. The fraction of sp³-hybridized carbons (Fsp3) is 0.368. The van der Waals surface area contributed by atoms with E-state index in [1.807, 2.05) is 0 Å². The highest BCUT2D eigenvalue weighted by Crippen LogP contribution is 2.26.